The molecule has 0 bridgehead atoms. The zero-order chi connectivity index (χ0) is 22.1. The Kier molecular flexibility index (Phi) is 7.81. The molecular formula is C21H23N5O4. The van der Waals surface area contributed by atoms with Crippen LogP contribution in [0.5, 0.6) is 0 Å². The Labute approximate surface area is 173 Å². The topological polar surface area (TPSA) is 129 Å². The molecule has 0 fully saturated rings. The van der Waals surface area contributed by atoms with E-state index in [2.05, 4.69) is 26.5 Å². The lowest BCUT2D eigenvalue weighted by atomic mass is 10.2. The van der Waals surface area contributed by atoms with E-state index in [0.29, 0.717) is 28.3 Å². The molecule has 0 aliphatic carbocycles. The number of hydrogen-bond donors (Lipinski definition) is 4. The van der Waals surface area contributed by atoms with Crippen molar-refractivity contribution < 1.29 is 19.2 Å². The predicted octanol–water partition coefficient (Wildman–Crippen LogP) is 2.74. The molecule has 0 atom stereocenters. The van der Waals surface area contributed by atoms with Crippen LogP contribution in [0.25, 0.3) is 0 Å². The van der Waals surface area contributed by atoms with Gasteiger partial charge in [-0.15, -0.1) is 0 Å². The van der Waals surface area contributed by atoms with Crippen molar-refractivity contribution in [2.75, 3.05) is 16.0 Å². The highest BCUT2D eigenvalue weighted by Crippen LogP contribution is 2.21. The first kappa shape index (κ1) is 22.3. The summed E-state index contributed by atoms with van der Waals surface area (Å²) in [5, 5.41) is 11.9. The first-order valence-electron chi connectivity index (χ1n) is 9.12. The molecule has 9 heteroatoms. The van der Waals surface area contributed by atoms with Crippen molar-refractivity contribution in [2.24, 2.45) is 5.10 Å². The Morgan fingerprint density at radius 1 is 0.767 bits per heavy atom. The number of nitrogens with one attached hydrogen (secondary N) is 4. The van der Waals surface area contributed by atoms with Crippen LogP contribution in [0.15, 0.2) is 53.6 Å². The number of carbonyl (C=O) groups is 4. The molecule has 0 radical (unpaired) electrons. The average molecular weight is 409 g/mol. The van der Waals surface area contributed by atoms with Gasteiger partial charge in [0.1, 0.15) is 0 Å². The van der Waals surface area contributed by atoms with Crippen LogP contribution in [0.3, 0.4) is 0 Å². The van der Waals surface area contributed by atoms with Gasteiger partial charge in [-0.1, -0.05) is 12.1 Å². The normalized spacial score (nSPS) is 10.7. The average Bonchev–Trinajstić information content (AvgIpc) is 2.67. The molecule has 9 nitrogen and oxygen atoms in total. The monoisotopic (exact) mass is 409 g/mol. The second kappa shape index (κ2) is 10.5. The summed E-state index contributed by atoms with van der Waals surface area (Å²) in [5.74, 6) is -1.24. The minimum atomic E-state index is -0.444. The maximum absolute atomic E-state index is 12.2. The fourth-order valence-corrected chi connectivity index (χ4v) is 2.48. The molecule has 0 aromatic heterocycles. The summed E-state index contributed by atoms with van der Waals surface area (Å²) < 4.78 is 0. The fraction of sp³-hybridized carbons (Fsp3) is 0.190. The lowest BCUT2D eigenvalue weighted by molar-refractivity contribution is -0.115. The molecule has 30 heavy (non-hydrogen) atoms. The van der Waals surface area contributed by atoms with Crippen molar-refractivity contribution in [3.63, 3.8) is 0 Å². The first-order valence-corrected chi connectivity index (χ1v) is 9.12. The van der Waals surface area contributed by atoms with Gasteiger partial charge < -0.3 is 16.0 Å². The number of benzene rings is 2. The molecule has 4 N–H and O–H groups in total. The summed E-state index contributed by atoms with van der Waals surface area (Å²) >= 11 is 0. The molecule has 0 heterocycles. The van der Waals surface area contributed by atoms with Gasteiger partial charge in [0, 0.05) is 30.8 Å². The number of anilines is 3. The predicted molar refractivity (Wildman–Crippen MR) is 115 cm³/mol. The minimum absolute atomic E-state index is 0.0455. The van der Waals surface area contributed by atoms with Crippen molar-refractivity contribution in [2.45, 2.75) is 27.2 Å². The smallest absolute Gasteiger partial charge is 0.271 e. The van der Waals surface area contributed by atoms with Crippen LogP contribution in [0.2, 0.25) is 0 Å². The number of carbonyl (C=O) groups excluding carboxylic acids is 4. The van der Waals surface area contributed by atoms with Crippen LogP contribution in [0, 0.1) is 0 Å². The van der Waals surface area contributed by atoms with E-state index in [4.69, 9.17) is 0 Å². The van der Waals surface area contributed by atoms with Gasteiger partial charge >= 0.3 is 0 Å². The third kappa shape index (κ3) is 7.19. The lowest BCUT2D eigenvalue weighted by Gasteiger charge is -2.11. The largest absolute Gasteiger partial charge is 0.326 e. The molecule has 0 saturated carbocycles. The van der Waals surface area contributed by atoms with E-state index < -0.39 is 5.91 Å². The van der Waals surface area contributed by atoms with Crippen LogP contribution < -0.4 is 21.4 Å². The summed E-state index contributed by atoms with van der Waals surface area (Å²) in [6.07, 6.45) is -0.0455. The number of rotatable bonds is 7. The van der Waals surface area contributed by atoms with E-state index in [1.165, 1.54) is 13.8 Å². The van der Waals surface area contributed by atoms with Crippen molar-refractivity contribution in [1.29, 1.82) is 0 Å². The first-order chi connectivity index (χ1) is 14.2. The maximum atomic E-state index is 12.2. The van der Waals surface area contributed by atoms with Gasteiger partial charge in [0.15, 0.2) is 0 Å². The number of hydrazone groups is 1. The van der Waals surface area contributed by atoms with E-state index in [-0.39, 0.29) is 24.1 Å². The van der Waals surface area contributed by atoms with E-state index in [9.17, 15) is 19.2 Å². The van der Waals surface area contributed by atoms with E-state index in [0.717, 1.165) is 0 Å². The molecule has 0 saturated heterocycles. The molecule has 2 rings (SSSR count). The molecule has 156 valence electrons. The molecule has 0 unspecified atom stereocenters. The highest BCUT2D eigenvalue weighted by atomic mass is 16.2. The van der Waals surface area contributed by atoms with Crippen molar-refractivity contribution in [3.8, 4) is 0 Å². The quantitative estimate of drug-likeness (QED) is 0.414. The van der Waals surface area contributed by atoms with E-state index in [1.807, 2.05) is 0 Å². The second-order valence-electron chi connectivity index (χ2n) is 6.50. The standard InChI is InChI=1S/C21H23N5O4/c1-13(12-20(29)24-19-7-5-4-6-18(19)23-15(3)28)25-26-21(30)16-8-10-17(11-9-16)22-14(2)27/h4-11H,12H2,1-3H3,(H,22,27)(H,23,28)(H,24,29)(H,26,30). The van der Waals surface area contributed by atoms with Gasteiger partial charge in [0.25, 0.3) is 5.91 Å². The van der Waals surface area contributed by atoms with E-state index in [1.54, 1.807) is 55.5 Å². The summed E-state index contributed by atoms with van der Waals surface area (Å²) in [6, 6.07) is 13.1. The summed E-state index contributed by atoms with van der Waals surface area (Å²) in [4.78, 5) is 46.7. The van der Waals surface area contributed by atoms with Gasteiger partial charge in [0.05, 0.1) is 17.8 Å². The molecule has 2 aromatic carbocycles. The zero-order valence-electron chi connectivity index (χ0n) is 16.9. The molecule has 0 spiro atoms. The van der Waals surface area contributed by atoms with Gasteiger partial charge in [-0.3, -0.25) is 19.2 Å². The Bertz CT molecular complexity index is 983. The summed E-state index contributed by atoms with van der Waals surface area (Å²) in [7, 11) is 0. The van der Waals surface area contributed by atoms with Crippen LogP contribution >= 0.6 is 0 Å². The maximum Gasteiger partial charge on any atom is 0.271 e. The van der Waals surface area contributed by atoms with Gasteiger partial charge in [-0.2, -0.15) is 5.10 Å². The van der Waals surface area contributed by atoms with E-state index >= 15 is 0 Å². The van der Waals surface area contributed by atoms with Crippen LogP contribution in [-0.2, 0) is 14.4 Å². The highest BCUT2D eigenvalue weighted by molar-refractivity contribution is 6.08. The number of nitrogens with zero attached hydrogens (tertiary/aromatic N) is 1. The van der Waals surface area contributed by atoms with Crippen molar-refractivity contribution >= 4 is 46.4 Å². The van der Waals surface area contributed by atoms with Gasteiger partial charge in [-0.25, -0.2) is 5.43 Å². The minimum Gasteiger partial charge on any atom is -0.326 e. The third-order valence-electron chi connectivity index (χ3n) is 3.74. The SMILES string of the molecule is CC(=O)Nc1ccc(C(=O)NN=C(C)CC(=O)Nc2ccccc2NC(C)=O)cc1. The Hall–Kier alpha value is -4.01. The van der Waals surface area contributed by atoms with Crippen molar-refractivity contribution in [3.05, 3.63) is 54.1 Å². The molecular weight excluding hydrogens is 386 g/mol. The molecule has 4 amide bonds. The number of hydrogen-bond acceptors (Lipinski definition) is 5. The Balaban J connectivity index is 1.92. The summed E-state index contributed by atoms with van der Waals surface area (Å²) in [5.41, 5.74) is 4.68. The second-order valence-corrected chi connectivity index (χ2v) is 6.50. The Morgan fingerprint density at radius 2 is 1.33 bits per heavy atom. The van der Waals surface area contributed by atoms with Crippen LogP contribution in [0.4, 0.5) is 17.1 Å². The number of para-hydroxylation sites is 2. The summed E-state index contributed by atoms with van der Waals surface area (Å²) in [6.45, 7) is 4.39. The van der Waals surface area contributed by atoms with Gasteiger partial charge in [0.2, 0.25) is 17.7 Å². The molecule has 0 aliphatic rings. The Morgan fingerprint density at radius 3 is 1.90 bits per heavy atom. The molecule has 2 aromatic rings. The van der Waals surface area contributed by atoms with Gasteiger partial charge in [-0.05, 0) is 43.3 Å². The van der Waals surface area contributed by atoms with Crippen LogP contribution in [-0.4, -0.2) is 29.3 Å². The van der Waals surface area contributed by atoms with Crippen molar-refractivity contribution in [1.82, 2.24) is 5.43 Å². The highest BCUT2D eigenvalue weighted by Gasteiger charge is 2.10. The molecule has 0 aliphatic heterocycles. The third-order valence-corrected chi connectivity index (χ3v) is 3.74. The number of amides is 4. The zero-order valence-corrected chi connectivity index (χ0v) is 16.9. The lowest BCUT2D eigenvalue weighted by Crippen LogP contribution is -2.22. The fourth-order valence-electron chi connectivity index (χ4n) is 2.48. The van der Waals surface area contributed by atoms with Crippen LogP contribution in [0.1, 0.15) is 37.6 Å².